The van der Waals surface area contributed by atoms with Gasteiger partial charge in [0.25, 0.3) is 0 Å². The van der Waals surface area contributed by atoms with Crippen molar-refractivity contribution in [1.82, 2.24) is 0 Å². The molecule has 0 saturated heterocycles. The SMILES string of the molecule is O.O.O.O.O.O.[Cl-].[Cl-].[Cl-].[Tm+3]. The zero-order valence-electron chi connectivity index (χ0n) is 4.41. The molecule has 0 bridgehead atoms. The van der Waals surface area contributed by atoms with E-state index in [1.54, 1.807) is 0 Å². The summed E-state index contributed by atoms with van der Waals surface area (Å²) in [7, 11) is 0. The first kappa shape index (κ1) is 403. The third-order valence-electron chi connectivity index (χ3n) is 0. The van der Waals surface area contributed by atoms with Crippen LogP contribution in [0.15, 0.2) is 0 Å². The zero-order valence-corrected chi connectivity index (χ0v) is 8.46. The summed E-state index contributed by atoms with van der Waals surface area (Å²) in [4.78, 5) is 0. The van der Waals surface area contributed by atoms with Crippen LogP contribution in [0.4, 0.5) is 0 Å². The summed E-state index contributed by atoms with van der Waals surface area (Å²) < 4.78 is 0. The molecule has 0 aromatic heterocycles. The fourth-order valence-electron chi connectivity index (χ4n) is 0. The van der Waals surface area contributed by atoms with Crippen LogP contribution in [0.1, 0.15) is 0 Å². The molecule has 0 radical (unpaired) electrons. The van der Waals surface area contributed by atoms with Crippen molar-refractivity contribution in [3.63, 3.8) is 0 Å². The normalized spacial score (nSPS) is 0. The van der Waals surface area contributed by atoms with Crippen LogP contribution in [-0.2, 0) is 0 Å². The van der Waals surface area contributed by atoms with Crippen LogP contribution in [0.25, 0.3) is 0 Å². The van der Waals surface area contributed by atoms with Crippen molar-refractivity contribution in [2.24, 2.45) is 0 Å². The van der Waals surface area contributed by atoms with E-state index in [1.165, 1.54) is 0 Å². The summed E-state index contributed by atoms with van der Waals surface area (Å²) in [5.74, 6) is 0. The van der Waals surface area contributed by atoms with Crippen LogP contribution in [0.2, 0.25) is 0 Å². The minimum absolute atomic E-state index is 0. The van der Waals surface area contributed by atoms with Crippen molar-refractivity contribution < 1.29 is 107 Å². The molecule has 0 aromatic carbocycles. The van der Waals surface area contributed by atoms with Gasteiger partial charge in [-0.3, -0.25) is 0 Å². The Morgan fingerprint density at radius 2 is 0.300 bits per heavy atom. The summed E-state index contributed by atoms with van der Waals surface area (Å²) in [6.07, 6.45) is 0. The maximum Gasteiger partial charge on any atom is 3.00 e. The predicted octanol–water partition coefficient (Wildman–Crippen LogP) is -13.9. The second kappa shape index (κ2) is 304. The van der Waals surface area contributed by atoms with Gasteiger partial charge in [-0.05, 0) is 0 Å². The molecule has 6 nitrogen and oxygen atoms in total. The summed E-state index contributed by atoms with van der Waals surface area (Å²) in [5, 5.41) is 0. The second-order valence-electron chi connectivity index (χ2n) is 0. The van der Waals surface area contributed by atoms with E-state index >= 15 is 0 Å². The van der Waals surface area contributed by atoms with Crippen LogP contribution >= 0.6 is 0 Å². The van der Waals surface area contributed by atoms with Gasteiger partial charge in [0.15, 0.2) is 0 Å². The topological polar surface area (TPSA) is 189 Å². The Labute approximate surface area is 106 Å². The first-order valence-corrected chi connectivity index (χ1v) is 0. The molecule has 0 aliphatic rings. The number of hydrogen-bond acceptors (Lipinski definition) is 0. The molecule has 0 spiro atoms. The van der Waals surface area contributed by atoms with E-state index in [9.17, 15) is 0 Å². The van der Waals surface area contributed by atoms with E-state index < -0.39 is 0 Å². The Hall–Kier alpha value is 1.86. The molecule has 12 N–H and O–H groups in total. The summed E-state index contributed by atoms with van der Waals surface area (Å²) >= 11 is 0. The molecule has 0 aromatic rings. The van der Waals surface area contributed by atoms with Gasteiger partial charge in [-0.2, -0.15) is 0 Å². The smallest absolute Gasteiger partial charge is 1.00 e. The standard InChI is InChI=1S/3ClH.6H2O.Tm/h3*1H;6*1H2;/q;;;;;;;;;+3/p-3. The van der Waals surface area contributed by atoms with Gasteiger partial charge in [0.2, 0.25) is 0 Å². The Kier molecular flexibility index (Phi) is 12300. The van der Waals surface area contributed by atoms with Crippen molar-refractivity contribution in [2.45, 2.75) is 0 Å². The summed E-state index contributed by atoms with van der Waals surface area (Å²) in [5.41, 5.74) is 0. The molecule has 0 atom stereocenters. The van der Waals surface area contributed by atoms with Crippen molar-refractivity contribution in [3.05, 3.63) is 0 Å². The minimum Gasteiger partial charge on any atom is -1.00 e. The van der Waals surface area contributed by atoms with E-state index in [1.807, 2.05) is 0 Å². The van der Waals surface area contributed by atoms with Crippen molar-refractivity contribution in [3.8, 4) is 0 Å². The van der Waals surface area contributed by atoms with Gasteiger partial charge in [-0.1, -0.05) is 0 Å². The van der Waals surface area contributed by atoms with Crippen LogP contribution in [0.5, 0.6) is 0 Å². The zero-order chi connectivity index (χ0) is 0. The first-order valence-electron chi connectivity index (χ1n) is 0. The fraction of sp³-hybridized carbons (Fsp3) is 0. The molecule has 0 heterocycles. The fourth-order valence-corrected chi connectivity index (χ4v) is 0. The summed E-state index contributed by atoms with van der Waals surface area (Å²) in [6.45, 7) is 0. The number of rotatable bonds is 0. The number of halogens is 3. The molecule has 0 rings (SSSR count). The van der Waals surface area contributed by atoms with Gasteiger partial charge < -0.3 is 70.1 Å². The van der Waals surface area contributed by atoms with Crippen LogP contribution in [-0.4, -0.2) is 32.9 Å². The van der Waals surface area contributed by atoms with Crippen molar-refractivity contribution >= 4 is 0 Å². The number of hydrogen-bond donors (Lipinski definition) is 0. The van der Waals surface area contributed by atoms with Gasteiger partial charge in [-0.15, -0.1) is 0 Å². The van der Waals surface area contributed by atoms with Gasteiger partial charge in [0.1, 0.15) is 0 Å². The van der Waals surface area contributed by atoms with Gasteiger partial charge in [0.05, 0.1) is 0 Å². The molecule has 10 heavy (non-hydrogen) atoms. The van der Waals surface area contributed by atoms with Crippen molar-refractivity contribution in [2.75, 3.05) is 0 Å². The Morgan fingerprint density at radius 1 is 0.300 bits per heavy atom. The Balaban J connectivity index is 0. The van der Waals surface area contributed by atoms with Gasteiger partial charge >= 0.3 is 36.9 Å². The molecule has 0 saturated carbocycles. The molecular weight excluding hydrogens is 371 g/mol. The first-order chi connectivity index (χ1) is 0. The molecule has 0 amide bonds. The third-order valence-corrected chi connectivity index (χ3v) is 0. The average molecular weight is 383 g/mol. The quantitative estimate of drug-likeness (QED) is 0.384. The third kappa shape index (κ3) is 223. The van der Waals surface area contributed by atoms with E-state index in [-0.39, 0.29) is 107 Å². The van der Waals surface area contributed by atoms with Crippen LogP contribution < -0.4 is 37.2 Å². The van der Waals surface area contributed by atoms with E-state index in [0.29, 0.717) is 0 Å². The van der Waals surface area contributed by atoms with E-state index in [0.717, 1.165) is 0 Å². The Bertz CT molecular complexity index is 13.0. The molecule has 0 aliphatic carbocycles. The predicted molar refractivity (Wildman–Crippen MR) is 21.7 cm³/mol. The molecule has 0 aliphatic heterocycles. The molecule has 82 valence electrons. The molecule has 0 fully saturated rings. The van der Waals surface area contributed by atoms with Crippen LogP contribution in [0, 0.1) is 36.9 Å². The summed E-state index contributed by atoms with van der Waals surface area (Å²) in [6, 6.07) is 0. The minimum atomic E-state index is 0. The molecule has 0 unspecified atom stereocenters. The Morgan fingerprint density at radius 3 is 0.300 bits per heavy atom. The average Bonchev–Trinajstić information content (AvgIpc) is 0. The van der Waals surface area contributed by atoms with E-state index in [2.05, 4.69) is 0 Å². The van der Waals surface area contributed by atoms with E-state index in [4.69, 9.17) is 0 Å². The monoisotopic (exact) mass is 382 g/mol. The molecule has 10 heteroatoms. The van der Waals surface area contributed by atoms with Crippen molar-refractivity contribution in [1.29, 1.82) is 0 Å². The largest absolute Gasteiger partial charge is 3.00 e. The van der Waals surface area contributed by atoms with Gasteiger partial charge in [-0.25, -0.2) is 0 Å². The van der Waals surface area contributed by atoms with Gasteiger partial charge in [0, 0.05) is 0 Å². The molecular formula is H12Cl3O6Tm. The van der Waals surface area contributed by atoms with Crippen LogP contribution in [0.3, 0.4) is 0 Å². The maximum absolute atomic E-state index is 0. The maximum atomic E-state index is 0. The second-order valence-corrected chi connectivity index (χ2v) is 0.